The maximum Gasteiger partial charge on any atom is 0.103 e. The Morgan fingerprint density at radius 2 is 1.75 bits per heavy atom. The first-order valence-corrected chi connectivity index (χ1v) is 2.59. The summed E-state index contributed by atoms with van der Waals surface area (Å²) < 4.78 is 0. The van der Waals surface area contributed by atoms with Crippen LogP contribution in [0.4, 0.5) is 0 Å². The van der Waals surface area contributed by atoms with Crippen molar-refractivity contribution in [2.45, 2.75) is 19.4 Å². The van der Waals surface area contributed by atoms with Gasteiger partial charge >= 0.3 is 0 Å². The highest BCUT2D eigenvalue weighted by molar-refractivity contribution is 4.99. The molecular weight excluding hydrogens is 100 g/mol. The fourth-order valence-corrected chi connectivity index (χ4v) is 0.100. The second-order valence-electron chi connectivity index (χ2n) is 2.57. The topological polar surface area (TPSA) is 27.0 Å². The molecule has 0 saturated heterocycles. The van der Waals surface area contributed by atoms with E-state index in [9.17, 15) is 0 Å². The summed E-state index contributed by atoms with van der Waals surface area (Å²) in [6.07, 6.45) is 0. The van der Waals surface area contributed by atoms with E-state index in [4.69, 9.17) is 5.26 Å². The van der Waals surface area contributed by atoms with Crippen molar-refractivity contribution in [1.29, 1.82) is 5.26 Å². The highest BCUT2D eigenvalue weighted by Crippen LogP contribution is 2.05. The Hall–Kier alpha value is -0.550. The van der Waals surface area contributed by atoms with E-state index in [1.54, 1.807) is 0 Å². The fourth-order valence-electron chi connectivity index (χ4n) is 0.100. The van der Waals surface area contributed by atoms with Gasteiger partial charge in [0, 0.05) is 0 Å². The molecule has 0 aliphatic rings. The van der Waals surface area contributed by atoms with E-state index in [1.807, 2.05) is 32.8 Å². The predicted octanol–water partition coefficient (Wildman–Crippen LogP) is 0.850. The van der Waals surface area contributed by atoms with E-state index in [2.05, 4.69) is 6.07 Å². The first-order chi connectivity index (χ1) is 3.50. The molecule has 0 fully saturated rings. The molecule has 2 heteroatoms. The van der Waals surface area contributed by atoms with Crippen molar-refractivity contribution in [2.24, 2.45) is 0 Å². The SMILES string of the molecule is CN(C)C(C)(C)C#N. The van der Waals surface area contributed by atoms with E-state index in [0.29, 0.717) is 0 Å². The number of nitrogens with zero attached hydrogens (tertiary/aromatic N) is 2. The summed E-state index contributed by atoms with van der Waals surface area (Å²) in [6, 6.07) is 2.17. The smallest absolute Gasteiger partial charge is 0.103 e. The van der Waals surface area contributed by atoms with Gasteiger partial charge in [0.2, 0.25) is 0 Å². The van der Waals surface area contributed by atoms with Gasteiger partial charge in [0.15, 0.2) is 0 Å². The first kappa shape index (κ1) is 7.45. The lowest BCUT2D eigenvalue weighted by Crippen LogP contribution is -2.36. The predicted molar refractivity (Wildman–Crippen MR) is 33.4 cm³/mol. The molecule has 0 aromatic heterocycles. The molecule has 0 atom stereocenters. The summed E-state index contributed by atoms with van der Waals surface area (Å²) in [6.45, 7) is 3.76. The first-order valence-electron chi connectivity index (χ1n) is 2.59. The van der Waals surface area contributed by atoms with E-state index in [1.165, 1.54) is 0 Å². The molecule has 0 N–H and O–H groups in total. The lowest BCUT2D eigenvalue weighted by atomic mass is 10.1. The Labute approximate surface area is 50.7 Å². The minimum absolute atomic E-state index is 0.319. The summed E-state index contributed by atoms with van der Waals surface area (Å²) in [5, 5.41) is 8.47. The normalized spacial score (nSPS) is 11.5. The van der Waals surface area contributed by atoms with Crippen LogP contribution in [0.25, 0.3) is 0 Å². The Balaban J connectivity index is 3.97. The van der Waals surface area contributed by atoms with Crippen molar-refractivity contribution < 1.29 is 0 Å². The zero-order valence-electron chi connectivity index (χ0n) is 5.89. The van der Waals surface area contributed by atoms with Crippen LogP contribution in [0.15, 0.2) is 0 Å². The number of hydrogen-bond donors (Lipinski definition) is 0. The summed E-state index contributed by atoms with van der Waals surface area (Å²) in [5.74, 6) is 0. The minimum atomic E-state index is -0.319. The van der Waals surface area contributed by atoms with Gasteiger partial charge < -0.3 is 0 Å². The molecule has 2 nitrogen and oxygen atoms in total. The van der Waals surface area contributed by atoms with Gasteiger partial charge in [0.25, 0.3) is 0 Å². The summed E-state index contributed by atoms with van der Waals surface area (Å²) >= 11 is 0. The van der Waals surface area contributed by atoms with Crippen LogP contribution in [0.1, 0.15) is 13.8 Å². The van der Waals surface area contributed by atoms with Gasteiger partial charge in [0.05, 0.1) is 6.07 Å². The molecule has 0 saturated carbocycles. The van der Waals surface area contributed by atoms with Crippen molar-refractivity contribution in [3.8, 4) is 6.07 Å². The Morgan fingerprint density at radius 1 is 1.38 bits per heavy atom. The Bertz CT molecular complexity index is 108. The molecule has 0 aliphatic heterocycles. The molecule has 0 aliphatic carbocycles. The second-order valence-corrected chi connectivity index (χ2v) is 2.57. The van der Waals surface area contributed by atoms with Crippen molar-refractivity contribution in [3.05, 3.63) is 0 Å². The zero-order valence-corrected chi connectivity index (χ0v) is 5.89. The van der Waals surface area contributed by atoms with Crippen LogP contribution in [0.2, 0.25) is 0 Å². The minimum Gasteiger partial charge on any atom is -0.292 e. The molecule has 8 heavy (non-hydrogen) atoms. The molecule has 0 spiro atoms. The lowest BCUT2D eigenvalue weighted by Gasteiger charge is -2.23. The molecular formula is C6H12N2. The van der Waals surface area contributed by atoms with Crippen molar-refractivity contribution in [2.75, 3.05) is 14.1 Å². The maximum absolute atomic E-state index is 8.47. The summed E-state index contributed by atoms with van der Waals surface area (Å²) in [4.78, 5) is 1.88. The standard InChI is InChI=1S/C6H12N2/c1-6(2,5-7)8(3)4/h1-4H3. The molecule has 0 rings (SSSR count). The molecule has 0 heterocycles. The van der Waals surface area contributed by atoms with Crippen LogP contribution in [-0.2, 0) is 0 Å². The second kappa shape index (κ2) is 2.15. The molecule has 0 amide bonds. The zero-order chi connectivity index (χ0) is 6.78. The average molecular weight is 112 g/mol. The van der Waals surface area contributed by atoms with Crippen LogP contribution in [0, 0.1) is 11.3 Å². The fraction of sp³-hybridized carbons (Fsp3) is 0.833. The van der Waals surface area contributed by atoms with Gasteiger partial charge in [-0.2, -0.15) is 5.26 Å². The third-order valence-electron chi connectivity index (χ3n) is 1.39. The Morgan fingerprint density at radius 3 is 1.75 bits per heavy atom. The number of rotatable bonds is 1. The molecule has 0 aromatic rings. The molecule has 0 aromatic carbocycles. The average Bonchev–Trinajstić information content (AvgIpc) is 1.67. The largest absolute Gasteiger partial charge is 0.292 e. The van der Waals surface area contributed by atoms with E-state index in [-0.39, 0.29) is 5.54 Å². The van der Waals surface area contributed by atoms with Crippen LogP contribution in [-0.4, -0.2) is 24.5 Å². The molecule has 46 valence electrons. The number of hydrogen-bond acceptors (Lipinski definition) is 2. The van der Waals surface area contributed by atoms with Crippen LogP contribution in [0.3, 0.4) is 0 Å². The van der Waals surface area contributed by atoms with Gasteiger partial charge in [-0.15, -0.1) is 0 Å². The van der Waals surface area contributed by atoms with Crippen LogP contribution >= 0.6 is 0 Å². The molecule has 0 bridgehead atoms. The van der Waals surface area contributed by atoms with Crippen molar-refractivity contribution in [3.63, 3.8) is 0 Å². The van der Waals surface area contributed by atoms with Gasteiger partial charge in [-0.3, -0.25) is 4.90 Å². The van der Waals surface area contributed by atoms with Gasteiger partial charge in [-0.05, 0) is 27.9 Å². The lowest BCUT2D eigenvalue weighted by molar-refractivity contribution is 0.261. The molecule has 0 unspecified atom stereocenters. The van der Waals surface area contributed by atoms with Gasteiger partial charge in [-0.1, -0.05) is 0 Å². The van der Waals surface area contributed by atoms with Crippen LogP contribution in [0.5, 0.6) is 0 Å². The Kier molecular flexibility index (Phi) is 2.00. The van der Waals surface area contributed by atoms with Gasteiger partial charge in [-0.25, -0.2) is 0 Å². The molecule has 0 radical (unpaired) electrons. The van der Waals surface area contributed by atoms with Crippen molar-refractivity contribution in [1.82, 2.24) is 4.90 Å². The third-order valence-corrected chi connectivity index (χ3v) is 1.39. The quantitative estimate of drug-likeness (QED) is 0.503. The maximum atomic E-state index is 8.47. The highest BCUT2D eigenvalue weighted by atomic mass is 15.1. The van der Waals surface area contributed by atoms with E-state index in [0.717, 1.165) is 0 Å². The monoisotopic (exact) mass is 112 g/mol. The van der Waals surface area contributed by atoms with E-state index < -0.39 is 0 Å². The van der Waals surface area contributed by atoms with Crippen molar-refractivity contribution >= 4 is 0 Å². The highest BCUT2D eigenvalue weighted by Gasteiger charge is 2.17. The van der Waals surface area contributed by atoms with Crippen LogP contribution < -0.4 is 0 Å². The van der Waals surface area contributed by atoms with E-state index >= 15 is 0 Å². The van der Waals surface area contributed by atoms with Gasteiger partial charge in [0.1, 0.15) is 5.54 Å². The third kappa shape index (κ3) is 1.51. The summed E-state index contributed by atoms with van der Waals surface area (Å²) in [7, 11) is 3.78. The summed E-state index contributed by atoms with van der Waals surface area (Å²) in [5.41, 5.74) is -0.319. The number of nitriles is 1.